The Balaban J connectivity index is 0.00000242. The number of piperazine rings is 1. The number of nitrogens with one attached hydrogen (secondary N) is 1. The zero-order valence-corrected chi connectivity index (χ0v) is 15.8. The second-order valence-corrected chi connectivity index (χ2v) is 8.45. The molecule has 130 valence electrons. The SMILES string of the molecule is CC(C)(C)C(=O)N1CCN(CC2CCCNC2)C(C)(C)C1.Cl. The predicted octanol–water partition coefficient (Wildman–Crippen LogP) is 2.38. The number of carbonyl (C=O) groups is 1. The number of rotatable bonds is 2. The van der Waals surface area contributed by atoms with Gasteiger partial charge in [-0.25, -0.2) is 0 Å². The van der Waals surface area contributed by atoms with Crippen LogP contribution in [0, 0.1) is 11.3 Å². The summed E-state index contributed by atoms with van der Waals surface area (Å²) in [7, 11) is 0. The average Bonchev–Trinajstić information content (AvgIpc) is 2.40. The highest BCUT2D eigenvalue weighted by atomic mass is 35.5. The van der Waals surface area contributed by atoms with Crippen LogP contribution in [0.5, 0.6) is 0 Å². The highest BCUT2D eigenvalue weighted by Gasteiger charge is 2.39. The summed E-state index contributed by atoms with van der Waals surface area (Å²) in [6.07, 6.45) is 2.64. The fourth-order valence-corrected chi connectivity index (χ4v) is 3.57. The fourth-order valence-electron chi connectivity index (χ4n) is 3.57. The lowest BCUT2D eigenvalue weighted by Crippen LogP contribution is -2.62. The molecule has 2 saturated heterocycles. The molecule has 5 heteroatoms. The first kappa shape index (κ1) is 19.7. The van der Waals surface area contributed by atoms with Crippen molar-refractivity contribution in [3.05, 3.63) is 0 Å². The van der Waals surface area contributed by atoms with Crippen molar-refractivity contribution < 1.29 is 4.79 Å². The van der Waals surface area contributed by atoms with Gasteiger partial charge in [-0.2, -0.15) is 0 Å². The highest BCUT2D eigenvalue weighted by molar-refractivity contribution is 5.85. The van der Waals surface area contributed by atoms with Crippen LogP contribution in [0.4, 0.5) is 0 Å². The van der Waals surface area contributed by atoms with Crippen molar-refractivity contribution in [3.63, 3.8) is 0 Å². The van der Waals surface area contributed by atoms with Crippen LogP contribution >= 0.6 is 12.4 Å². The summed E-state index contributed by atoms with van der Waals surface area (Å²) in [5, 5.41) is 3.51. The van der Waals surface area contributed by atoms with Gasteiger partial charge >= 0.3 is 0 Å². The quantitative estimate of drug-likeness (QED) is 0.844. The molecule has 0 radical (unpaired) electrons. The van der Waals surface area contributed by atoms with Gasteiger partial charge in [0.25, 0.3) is 0 Å². The molecule has 2 rings (SSSR count). The number of nitrogens with zero attached hydrogens (tertiary/aromatic N) is 2. The maximum absolute atomic E-state index is 12.5. The molecule has 1 N–H and O–H groups in total. The molecule has 0 aromatic heterocycles. The molecule has 0 bridgehead atoms. The predicted molar refractivity (Wildman–Crippen MR) is 94.5 cm³/mol. The van der Waals surface area contributed by atoms with Gasteiger partial charge in [-0.1, -0.05) is 20.8 Å². The lowest BCUT2D eigenvalue weighted by molar-refractivity contribution is -0.144. The van der Waals surface area contributed by atoms with Gasteiger partial charge in [-0.05, 0) is 45.7 Å². The molecule has 1 amide bonds. The molecule has 0 aliphatic carbocycles. The van der Waals surface area contributed by atoms with Crippen LogP contribution in [0.2, 0.25) is 0 Å². The normalized spacial score (nSPS) is 26.4. The monoisotopic (exact) mass is 331 g/mol. The van der Waals surface area contributed by atoms with E-state index in [0.717, 1.165) is 38.6 Å². The number of piperidine rings is 1. The van der Waals surface area contributed by atoms with Crippen LogP contribution in [-0.2, 0) is 4.79 Å². The third kappa shape index (κ3) is 4.84. The lowest BCUT2D eigenvalue weighted by Gasteiger charge is -2.49. The van der Waals surface area contributed by atoms with Gasteiger partial charge in [0.15, 0.2) is 0 Å². The van der Waals surface area contributed by atoms with Crippen LogP contribution in [0.3, 0.4) is 0 Å². The summed E-state index contributed by atoms with van der Waals surface area (Å²) in [6, 6.07) is 0. The highest BCUT2D eigenvalue weighted by Crippen LogP contribution is 2.27. The maximum Gasteiger partial charge on any atom is 0.228 e. The maximum atomic E-state index is 12.5. The van der Waals surface area contributed by atoms with Crippen LogP contribution in [0.1, 0.15) is 47.5 Å². The van der Waals surface area contributed by atoms with E-state index in [-0.39, 0.29) is 29.3 Å². The Labute approximate surface area is 142 Å². The van der Waals surface area contributed by atoms with E-state index in [1.54, 1.807) is 0 Å². The zero-order valence-electron chi connectivity index (χ0n) is 14.9. The molecule has 1 atom stereocenters. The summed E-state index contributed by atoms with van der Waals surface area (Å²) in [4.78, 5) is 17.2. The number of carbonyl (C=O) groups excluding carboxylic acids is 1. The Morgan fingerprint density at radius 2 is 1.95 bits per heavy atom. The molecule has 0 aromatic rings. The Hall–Kier alpha value is -0.320. The van der Waals surface area contributed by atoms with Gasteiger partial charge in [-0.15, -0.1) is 12.4 Å². The molecule has 0 aromatic carbocycles. The first-order valence-corrected chi connectivity index (χ1v) is 8.45. The van der Waals surface area contributed by atoms with E-state index in [0.29, 0.717) is 0 Å². The first-order chi connectivity index (χ1) is 9.70. The Bertz CT molecular complexity index is 373. The van der Waals surface area contributed by atoms with E-state index >= 15 is 0 Å². The van der Waals surface area contributed by atoms with Crippen molar-refractivity contribution in [1.29, 1.82) is 0 Å². The smallest absolute Gasteiger partial charge is 0.228 e. The minimum Gasteiger partial charge on any atom is -0.339 e. The summed E-state index contributed by atoms with van der Waals surface area (Å²) in [5.41, 5.74) is -0.192. The van der Waals surface area contributed by atoms with E-state index < -0.39 is 0 Å². The fraction of sp³-hybridized carbons (Fsp3) is 0.941. The van der Waals surface area contributed by atoms with Gasteiger partial charge in [0.05, 0.1) is 0 Å². The molecule has 2 fully saturated rings. The third-order valence-corrected chi connectivity index (χ3v) is 4.88. The largest absolute Gasteiger partial charge is 0.339 e. The second-order valence-electron chi connectivity index (χ2n) is 8.45. The summed E-state index contributed by atoms with van der Waals surface area (Å²) >= 11 is 0. The van der Waals surface area contributed by atoms with E-state index in [1.165, 1.54) is 19.4 Å². The summed E-state index contributed by atoms with van der Waals surface area (Å²) < 4.78 is 0. The van der Waals surface area contributed by atoms with E-state index in [2.05, 4.69) is 29.0 Å². The first-order valence-electron chi connectivity index (χ1n) is 8.45. The topological polar surface area (TPSA) is 35.6 Å². The van der Waals surface area contributed by atoms with Crippen molar-refractivity contribution in [2.75, 3.05) is 39.3 Å². The van der Waals surface area contributed by atoms with Gasteiger partial charge in [0, 0.05) is 37.1 Å². The van der Waals surface area contributed by atoms with Gasteiger partial charge in [-0.3, -0.25) is 9.69 Å². The molecular formula is C17H34ClN3O. The summed E-state index contributed by atoms with van der Waals surface area (Å²) in [6.45, 7) is 16.8. The Kier molecular flexibility index (Phi) is 6.72. The van der Waals surface area contributed by atoms with Crippen molar-refractivity contribution in [2.24, 2.45) is 11.3 Å². The molecule has 22 heavy (non-hydrogen) atoms. The van der Waals surface area contributed by atoms with Crippen molar-refractivity contribution in [3.8, 4) is 0 Å². The van der Waals surface area contributed by atoms with Crippen LogP contribution in [-0.4, -0.2) is 60.5 Å². The second kappa shape index (κ2) is 7.50. The van der Waals surface area contributed by atoms with Crippen LogP contribution in [0.15, 0.2) is 0 Å². The van der Waals surface area contributed by atoms with Crippen molar-refractivity contribution in [2.45, 2.75) is 53.0 Å². The molecule has 2 aliphatic heterocycles. The number of amides is 1. The molecule has 4 nitrogen and oxygen atoms in total. The zero-order chi connectivity index (χ0) is 15.7. The van der Waals surface area contributed by atoms with Crippen LogP contribution in [0.25, 0.3) is 0 Å². The molecular weight excluding hydrogens is 298 g/mol. The summed E-state index contributed by atoms with van der Waals surface area (Å²) in [5.74, 6) is 1.05. The number of hydrogen-bond acceptors (Lipinski definition) is 3. The van der Waals surface area contributed by atoms with Gasteiger partial charge in [0.1, 0.15) is 0 Å². The lowest BCUT2D eigenvalue weighted by atomic mass is 9.90. The molecule has 0 saturated carbocycles. The Morgan fingerprint density at radius 1 is 1.27 bits per heavy atom. The van der Waals surface area contributed by atoms with Gasteiger partial charge in [0.2, 0.25) is 5.91 Å². The van der Waals surface area contributed by atoms with Crippen molar-refractivity contribution >= 4 is 18.3 Å². The van der Waals surface area contributed by atoms with E-state index in [4.69, 9.17) is 0 Å². The van der Waals surface area contributed by atoms with Gasteiger partial charge < -0.3 is 10.2 Å². The minimum atomic E-state index is -0.272. The molecule has 0 spiro atoms. The average molecular weight is 332 g/mol. The molecule has 1 unspecified atom stereocenters. The van der Waals surface area contributed by atoms with E-state index in [1.807, 2.05) is 20.8 Å². The van der Waals surface area contributed by atoms with E-state index in [9.17, 15) is 4.79 Å². The standard InChI is InChI=1S/C17H33N3O.ClH/c1-16(2,3)15(21)19-9-10-20(17(4,5)13-19)12-14-7-6-8-18-11-14;/h14,18H,6-13H2,1-5H3;1H. The minimum absolute atomic E-state index is 0. The van der Waals surface area contributed by atoms with Crippen LogP contribution < -0.4 is 5.32 Å². The number of halogens is 1. The Morgan fingerprint density at radius 3 is 2.45 bits per heavy atom. The third-order valence-electron chi connectivity index (χ3n) is 4.88. The molecule has 2 aliphatic rings. The molecule has 2 heterocycles. The number of hydrogen-bond donors (Lipinski definition) is 1. The van der Waals surface area contributed by atoms with Crippen molar-refractivity contribution in [1.82, 2.24) is 15.1 Å².